The van der Waals surface area contributed by atoms with Crippen molar-refractivity contribution >= 4 is 5.65 Å². The first-order valence-electron chi connectivity index (χ1n) is 6.95. The van der Waals surface area contributed by atoms with Crippen molar-refractivity contribution in [1.29, 1.82) is 0 Å². The highest BCUT2D eigenvalue weighted by atomic mass is 16.5. The minimum absolute atomic E-state index is 0.549. The first kappa shape index (κ1) is 13.4. The zero-order valence-corrected chi connectivity index (χ0v) is 12.3. The summed E-state index contributed by atoms with van der Waals surface area (Å²) in [4.78, 5) is 4.69. The predicted molar refractivity (Wildman–Crippen MR) is 85.7 cm³/mol. The molecule has 106 valence electrons. The van der Waals surface area contributed by atoms with Gasteiger partial charge in [-0.3, -0.25) is 0 Å². The van der Waals surface area contributed by atoms with E-state index in [9.17, 15) is 0 Å². The summed E-state index contributed by atoms with van der Waals surface area (Å²) in [5.74, 6) is 0.849. The normalized spacial score (nSPS) is 10.8. The molecule has 0 radical (unpaired) electrons. The molecule has 3 nitrogen and oxygen atoms in total. The highest BCUT2D eigenvalue weighted by Gasteiger charge is 2.06. The fourth-order valence-electron chi connectivity index (χ4n) is 2.22. The Labute approximate surface area is 124 Å². The van der Waals surface area contributed by atoms with Gasteiger partial charge in [-0.25, -0.2) is 4.98 Å². The van der Waals surface area contributed by atoms with Gasteiger partial charge in [0.15, 0.2) is 0 Å². The van der Waals surface area contributed by atoms with Gasteiger partial charge < -0.3 is 9.14 Å². The largest absolute Gasteiger partial charge is 0.489 e. The van der Waals surface area contributed by atoms with Crippen LogP contribution in [0.15, 0.2) is 60.9 Å². The fourth-order valence-corrected chi connectivity index (χ4v) is 2.22. The number of hydrogen-bond donors (Lipinski definition) is 0. The number of nitrogens with zero attached hydrogens (tertiary/aromatic N) is 2. The van der Waals surface area contributed by atoms with Crippen LogP contribution in [0.3, 0.4) is 0 Å². The zero-order chi connectivity index (χ0) is 14.8. The monoisotopic (exact) mass is 278 g/mol. The molecule has 0 saturated heterocycles. The number of rotatable bonds is 4. The summed E-state index contributed by atoms with van der Waals surface area (Å²) in [7, 11) is 0. The van der Waals surface area contributed by atoms with Crippen molar-refractivity contribution in [3.63, 3.8) is 0 Å². The van der Waals surface area contributed by atoms with Crippen LogP contribution in [0.25, 0.3) is 16.9 Å². The van der Waals surface area contributed by atoms with Crippen LogP contribution < -0.4 is 4.74 Å². The number of pyridine rings is 1. The van der Waals surface area contributed by atoms with Gasteiger partial charge in [0.2, 0.25) is 0 Å². The van der Waals surface area contributed by atoms with Gasteiger partial charge in [-0.15, -0.1) is 0 Å². The molecule has 0 spiro atoms. The summed E-state index contributed by atoms with van der Waals surface area (Å²) in [5, 5.41) is 0. The second kappa shape index (κ2) is 5.44. The first-order chi connectivity index (χ1) is 10.1. The fraction of sp³-hybridized carbons (Fsp3) is 0.167. The summed E-state index contributed by atoms with van der Waals surface area (Å²) in [6.45, 7) is 8.40. The van der Waals surface area contributed by atoms with E-state index in [-0.39, 0.29) is 0 Å². The Morgan fingerprint density at radius 2 is 2.00 bits per heavy atom. The van der Waals surface area contributed by atoms with Crippen LogP contribution in [-0.4, -0.2) is 16.0 Å². The average Bonchev–Trinajstić information content (AvgIpc) is 2.91. The van der Waals surface area contributed by atoms with Gasteiger partial charge in [-0.05, 0) is 55.3 Å². The van der Waals surface area contributed by atoms with Crippen LogP contribution >= 0.6 is 0 Å². The van der Waals surface area contributed by atoms with Gasteiger partial charge in [0, 0.05) is 18.0 Å². The number of aromatic nitrogens is 2. The van der Waals surface area contributed by atoms with Crippen LogP contribution in [0, 0.1) is 6.92 Å². The van der Waals surface area contributed by atoms with Crippen molar-refractivity contribution in [3.8, 4) is 17.0 Å². The predicted octanol–water partition coefficient (Wildman–Crippen LogP) is 4.26. The lowest BCUT2D eigenvalue weighted by atomic mass is 10.1. The maximum Gasteiger partial charge on any atom is 0.140 e. The number of ether oxygens (including phenoxy) is 1. The number of aryl methyl sites for hydroxylation is 1. The van der Waals surface area contributed by atoms with Gasteiger partial charge in [0.1, 0.15) is 18.0 Å². The van der Waals surface area contributed by atoms with E-state index in [2.05, 4.69) is 24.0 Å². The van der Waals surface area contributed by atoms with Gasteiger partial charge in [0.05, 0.1) is 5.69 Å². The van der Waals surface area contributed by atoms with E-state index < -0.39 is 0 Å². The molecule has 0 amide bonds. The van der Waals surface area contributed by atoms with Crippen LogP contribution in [0.5, 0.6) is 5.75 Å². The lowest BCUT2D eigenvalue weighted by Crippen LogP contribution is -1.97. The number of hydrogen-bond acceptors (Lipinski definition) is 2. The SMILES string of the molecule is C=C(C)COc1ccc(-c2cn3cccc(C)c3n2)cc1. The lowest BCUT2D eigenvalue weighted by molar-refractivity contribution is 0.353. The molecule has 1 aromatic carbocycles. The molecule has 0 unspecified atom stereocenters. The third kappa shape index (κ3) is 2.82. The van der Waals surface area contributed by atoms with E-state index in [0.29, 0.717) is 6.61 Å². The molecule has 0 atom stereocenters. The Hall–Kier alpha value is -2.55. The molecular weight excluding hydrogens is 260 g/mol. The molecule has 0 fully saturated rings. The minimum atomic E-state index is 0.549. The average molecular weight is 278 g/mol. The molecule has 2 aromatic heterocycles. The first-order valence-corrected chi connectivity index (χ1v) is 6.95. The Bertz CT molecular complexity index is 785. The van der Waals surface area contributed by atoms with E-state index in [4.69, 9.17) is 9.72 Å². The van der Waals surface area contributed by atoms with Crippen molar-refractivity contribution in [2.45, 2.75) is 13.8 Å². The van der Waals surface area contributed by atoms with Crippen molar-refractivity contribution in [3.05, 3.63) is 66.5 Å². The summed E-state index contributed by atoms with van der Waals surface area (Å²) in [6, 6.07) is 12.1. The molecular formula is C18H18N2O. The van der Waals surface area contributed by atoms with Crippen LogP contribution in [-0.2, 0) is 0 Å². The van der Waals surface area contributed by atoms with Crippen molar-refractivity contribution in [1.82, 2.24) is 9.38 Å². The Balaban J connectivity index is 1.88. The van der Waals surface area contributed by atoms with Crippen LogP contribution in [0.1, 0.15) is 12.5 Å². The van der Waals surface area contributed by atoms with E-state index in [1.165, 1.54) is 5.56 Å². The van der Waals surface area contributed by atoms with Crippen molar-refractivity contribution in [2.24, 2.45) is 0 Å². The second-order valence-corrected chi connectivity index (χ2v) is 5.32. The molecule has 0 bridgehead atoms. The van der Waals surface area contributed by atoms with Crippen LogP contribution in [0.2, 0.25) is 0 Å². The molecule has 0 N–H and O–H groups in total. The third-order valence-corrected chi connectivity index (χ3v) is 3.31. The van der Waals surface area contributed by atoms with E-state index in [0.717, 1.165) is 28.2 Å². The molecule has 0 aliphatic heterocycles. The number of imidazole rings is 1. The number of benzene rings is 1. The Morgan fingerprint density at radius 3 is 2.67 bits per heavy atom. The molecule has 0 aliphatic rings. The highest BCUT2D eigenvalue weighted by Crippen LogP contribution is 2.23. The minimum Gasteiger partial charge on any atom is -0.489 e. The summed E-state index contributed by atoms with van der Waals surface area (Å²) in [5.41, 5.74) is 5.23. The van der Waals surface area contributed by atoms with Crippen molar-refractivity contribution < 1.29 is 4.74 Å². The smallest absolute Gasteiger partial charge is 0.140 e. The Kier molecular flexibility index (Phi) is 3.48. The zero-order valence-electron chi connectivity index (χ0n) is 12.3. The summed E-state index contributed by atoms with van der Waals surface area (Å²) in [6.07, 6.45) is 4.06. The third-order valence-electron chi connectivity index (χ3n) is 3.31. The molecule has 2 heterocycles. The quantitative estimate of drug-likeness (QED) is 0.666. The maximum atomic E-state index is 5.61. The molecule has 0 saturated carbocycles. The lowest BCUT2D eigenvalue weighted by Gasteiger charge is -2.05. The van der Waals surface area contributed by atoms with Crippen molar-refractivity contribution in [2.75, 3.05) is 6.61 Å². The maximum absolute atomic E-state index is 5.61. The molecule has 21 heavy (non-hydrogen) atoms. The molecule has 3 aromatic rings. The van der Waals surface area contributed by atoms with Gasteiger partial charge in [-0.2, -0.15) is 0 Å². The van der Waals surface area contributed by atoms with Crippen LogP contribution in [0.4, 0.5) is 0 Å². The van der Waals surface area contributed by atoms with E-state index in [1.54, 1.807) is 0 Å². The van der Waals surface area contributed by atoms with Gasteiger partial charge in [0.25, 0.3) is 0 Å². The summed E-state index contributed by atoms with van der Waals surface area (Å²) < 4.78 is 7.66. The molecule has 0 aliphatic carbocycles. The topological polar surface area (TPSA) is 26.5 Å². The molecule has 3 rings (SSSR count). The standard InChI is InChI=1S/C18H18N2O/c1-13(2)12-21-16-8-6-15(7-9-16)17-11-20-10-4-5-14(3)18(20)19-17/h4-11H,1,12H2,2-3H3. The Morgan fingerprint density at radius 1 is 1.24 bits per heavy atom. The highest BCUT2D eigenvalue weighted by molar-refractivity contribution is 5.64. The number of fused-ring (bicyclic) bond motifs is 1. The van der Waals surface area contributed by atoms with E-state index in [1.807, 2.05) is 49.6 Å². The van der Waals surface area contributed by atoms with Gasteiger partial charge in [-0.1, -0.05) is 12.6 Å². The van der Waals surface area contributed by atoms with Gasteiger partial charge >= 0.3 is 0 Å². The summed E-state index contributed by atoms with van der Waals surface area (Å²) >= 11 is 0. The molecule has 3 heteroatoms. The van der Waals surface area contributed by atoms with E-state index >= 15 is 0 Å². The second-order valence-electron chi connectivity index (χ2n) is 5.32.